The maximum absolute atomic E-state index is 13.3. The lowest BCUT2D eigenvalue weighted by Gasteiger charge is -2.29. The molecule has 6 nitrogen and oxygen atoms in total. The van der Waals surface area contributed by atoms with Crippen molar-refractivity contribution >= 4 is 27.3 Å². The van der Waals surface area contributed by atoms with Crippen LogP contribution in [-0.2, 0) is 21.9 Å². The molecule has 1 aliphatic rings. The summed E-state index contributed by atoms with van der Waals surface area (Å²) >= 11 is 0. The molecule has 7 heteroatoms. The zero-order valence-corrected chi connectivity index (χ0v) is 20.7. The highest BCUT2D eigenvalue weighted by atomic mass is 32.2. The van der Waals surface area contributed by atoms with Crippen molar-refractivity contribution in [3.63, 3.8) is 0 Å². The van der Waals surface area contributed by atoms with Crippen LogP contribution in [0.5, 0.6) is 5.75 Å². The van der Waals surface area contributed by atoms with Crippen LogP contribution in [0.2, 0.25) is 0 Å². The van der Waals surface area contributed by atoms with Crippen molar-refractivity contribution in [3.05, 3.63) is 77.4 Å². The average Bonchev–Trinajstić information content (AvgIpc) is 2.80. The molecule has 0 saturated carbocycles. The fraction of sp³-hybridized carbons (Fsp3) is 0.296. The normalized spacial score (nSPS) is 14.1. The van der Waals surface area contributed by atoms with Crippen molar-refractivity contribution in [2.45, 2.75) is 39.5 Å². The van der Waals surface area contributed by atoms with Gasteiger partial charge in [0.05, 0.1) is 11.4 Å². The molecule has 3 aromatic carbocycles. The molecule has 1 heterocycles. The third-order valence-electron chi connectivity index (χ3n) is 6.21. The first kappa shape index (κ1) is 23.8. The summed E-state index contributed by atoms with van der Waals surface area (Å²) in [5.41, 5.74) is 5.76. The van der Waals surface area contributed by atoms with E-state index in [4.69, 9.17) is 0 Å². The molecule has 2 N–H and O–H groups in total. The van der Waals surface area contributed by atoms with Gasteiger partial charge in [-0.25, -0.2) is 8.42 Å². The lowest BCUT2D eigenvalue weighted by Crippen LogP contribution is -2.37. The smallest absolute Gasteiger partial charge is 0.258 e. The number of nitrogens with one attached hydrogen (secondary N) is 1. The highest BCUT2D eigenvalue weighted by molar-refractivity contribution is 7.92. The molecule has 0 atom stereocenters. The number of hydrogen-bond acceptors (Lipinski definition) is 4. The number of aromatic hydroxyl groups is 1. The van der Waals surface area contributed by atoms with Crippen LogP contribution in [0.3, 0.4) is 0 Å². The van der Waals surface area contributed by atoms with Crippen molar-refractivity contribution in [1.29, 1.82) is 0 Å². The molecule has 0 aromatic heterocycles. The summed E-state index contributed by atoms with van der Waals surface area (Å²) < 4.78 is 26.3. The van der Waals surface area contributed by atoms with Gasteiger partial charge >= 0.3 is 0 Å². The van der Waals surface area contributed by atoms with E-state index < -0.39 is 10.0 Å². The van der Waals surface area contributed by atoms with E-state index in [2.05, 4.69) is 55.8 Å². The fourth-order valence-corrected chi connectivity index (χ4v) is 4.73. The number of nitrogens with zero attached hydrogens (tertiary/aromatic N) is 1. The standard InChI is InChI=1S/C27H30N2O4S/c1-5-34(32,33)28-24-17-22(11-13-25(24)30)29-15-14-20-16-19(8-12-23(20)26(29)31)18-6-9-21(10-7-18)27(2,3)4/h6-13,16-17,28,30H,5,14-15H2,1-4H3. The van der Waals surface area contributed by atoms with E-state index in [0.717, 1.165) is 16.7 Å². The Morgan fingerprint density at radius 2 is 1.65 bits per heavy atom. The maximum atomic E-state index is 13.3. The van der Waals surface area contributed by atoms with Crippen molar-refractivity contribution in [2.24, 2.45) is 0 Å². The first-order valence-electron chi connectivity index (χ1n) is 11.4. The molecule has 0 bridgehead atoms. The molecule has 34 heavy (non-hydrogen) atoms. The maximum Gasteiger partial charge on any atom is 0.258 e. The molecular formula is C27H30N2O4S. The summed E-state index contributed by atoms with van der Waals surface area (Å²) in [6.45, 7) is 8.54. The summed E-state index contributed by atoms with van der Waals surface area (Å²) in [4.78, 5) is 14.9. The van der Waals surface area contributed by atoms with Crippen LogP contribution < -0.4 is 9.62 Å². The number of phenols is 1. The van der Waals surface area contributed by atoms with Crippen molar-refractivity contribution < 1.29 is 18.3 Å². The van der Waals surface area contributed by atoms with E-state index in [1.807, 2.05) is 12.1 Å². The molecule has 0 spiro atoms. The summed E-state index contributed by atoms with van der Waals surface area (Å²) in [6, 6.07) is 19.0. The minimum Gasteiger partial charge on any atom is -0.506 e. The largest absolute Gasteiger partial charge is 0.506 e. The Morgan fingerprint density at radius 1 is 0.971 bits per heavy atom. The Bertz CT molecular complexity index is 1340. The third kappa shape index (κ3) is 4.80. The summed E-state index contributed by atoms with van der Waals surface area (Å²) in [5, 5.41) is 10.1. The van der Waals surface area contributed by atoms with Gasteiger partial charge in [0.25, 0.3) is 5.91 Å². The Kier molecular flexibility index (Phi) is 6.16. The summed E-state index contributed by atoms with van der Waals surface area (Å²) in [7, 11) is -3.56. The zero-order valence-electron chi connectivity index (χ0n) is 19.9. The van der Waals surface area contributed by atoms with Crippen LogP contribution in [0.25, 0.3) is 11.1 Å². The molecular weight excluding hydrogens is 448 g/mol. The van der Waals surface area contributed by atoms with Gasteiger partial charge in [-0.1, -0.05) is 57.2 Å². The molecule has 0 fully saturated rings. The second-order valence-corrected chi connectivity index (χ2v) is 11.6. The third-order valence-corrected chi connectivity index (χ3v) is 7.50. The van der Waals surface area contributed by atoms with Gasteiger partial charge in [-0.3, -0.25) is 9.52 Å². The average molecular weight is 479 g/mol. The highest BCUT2D eigenvalue weighted by Crippen LogP contribution is 2.34. The Morgan fingerprint density at radius 3 is 2.29 bits per heavy atom. The molecule has 1 aliphatic heterocycles. The van der Waals surface area contributed by atoms with Gasteiger partial charge in [-0.05, 0) is 65.3 Å². The van der Waals surface area contributed by atoms with Gasteiger partial charge in [0.15, 0.2) is 0 Å². The van der Waals surface area contributed by atoms with Crippen LogP contribution in [0, 0.1) is 0 Å². The van der Waals surface area contributed by atoms with Gasteiger partial charge in [-0.15, -0.1) is 0 Å². The number of carbonyl (C=O) groups is 1. The molecule has 0 saturated heterocycles. The van der Waals surface area contributed by atoms with Crippen molar-refractivity contribution in [3.8, 4) is 16.9 Å². The van der Waals surface area contributed by atoms with E-state index in [9.17, 15) is 18.3 Å². The van der Waals surface area contributed by atoms with E-state index in [-0.39, 0.29) is 28.5 Å². The second kappa shape index (κ2) is 8.80. The number of phenolic OH excluding ortho intramolecular Hbond substituents is 1. The van der Waals surface area contributed by atoms with Gasteiger partial charge in [0.1, 0.15) is 5.75 Å². The van der Waals surface area contributed by atoms with Crippen molar-refractivity contribution in [1.82, 2.24) is 0 Å². The minimum absolute atomic E-state index is 0.0620. The number of amides is 1. The van der Waals surface area contributed by atoms with E-state index in [0.29, 0.717) is 24.2 Å². The lowest BCUT2D eigenvalue weighted by atomic mass is 9.86. The van der Waals surface area contributed by atoms with Gasteiger partial charge in [0, 0.05) is 17.8 Å². The Hall–Kier alpha value is -3.32. The van der Waals surface area contributed by atoms with Crippen LogP contribution >= 0.6 is 0 Å². The number of carbonyl (C=O) groups excluding carboxylic acids is 1. The van der Waals surface area contributed by atoms with Gasteiger partial charge in [0.2, 0.25) is 10.0 Å². The lowest BCUT2D eigenvalue weighted by molar-refractivity contribution is 0.0980. The molecule has 0 radical (unpaired) electrons. The zero-order chi connectivity index (χ0) is 24.7. The monoisotopic (exact) mass is 478 g/mol. The summed E-state index contributed by atoms with van der Waals surface area (Å²) in [5.74, 6) is -0.452. The molecule has 3 aromatic rings. The van der Waals surface area contributed by atoms with Gasteiger partial charge < -0.3 is 10.0 Å². The molecule has 0 unspecified atom stereocenters. The predicted molar refractivity (Wildman–Crippen MR) is 137 cm³/mol. The van der Waals surface area contributed by atoms with Crippen LogP contribution in [0.15, 0.2) is 60.7 Å². The Labute approximate surface area is 201 Å². The number of benzene rings is 3. The molecule has 1 amide bonds. The minimum atomic E-state index is -3.56. The number of rotatable bonds is 5. The van der Waals surface area contributed by atoms with Crippen LogP contribution in [0.1, 0.15) is 49.2 Å². The fourth-order valence-electron chi connectivity index (χ4n) is 4.09. The van der Waals surface area contributed by atoms with Crippen LogP contribution in [-0.4, -0.2) is 31.7 Å². The number of fused-ring (bicyclic) bond motifs is 1. The van der Waals surface area contributed by atoms with Crippen LogP contribution in [0.4, 0.5) is 11.4 Å². The molecule has 4 rings (SSSR count). The second-order valence-electron chi connectivity index (χ2n) is 9.61. The highest BCUT2D eigenvalue weighted by Gasteiger charge is 2.27. The van der Waals surface area contributed by atoms with Gasteiger partial charge in [-0.2, -0.15) is 0 Å². The number of anilines is 2. The summed E-state index contributed by atoms with van der Waals surface area (Å²) in [6.07, 6.45) is 0.673. The van der Waals surface area contributed by atoms with E-state index in [1.165, 1.54) is 24.6 Å². The predicted octanol–water partition coefficient (Wildman–Crippen LogP) is 5.32. The molecule has 0 aliphatic carbocycles. The SMILES string of the molecule is CCS(=O)(=O)Nc1cc(N2CCc3cc(-c4ccc(C(C)(C)C)cc4)ccc3C2=O)ccc1O. The number of sulfonamides is 1. The first-order valence-corrected chi connectivity index (χ1v) is 13.0. The Balaban J connectivity index is 1.60. The number of hydrogen-bond donors (Lipinski definition) is 2. The molecule has 178 valence electrons. The van der Waals surface area contributed by atoms with E-state index >= 15 is 0 Å². The topological polar surface area (TPSA) is 86.7 Å². The first-order chi connectivity index (χ1) is 16.0. The van der Waals surface area contributed by atoms with Crippen molar-refractivity contribution in [2.75, 3.05) is 21.9 Å². The van der Waals surface area contributed by atoms with E-state index in [1.54, 1.807) is 11.0 Å². The quantitative estimate of drug-likeness (QED) is 0.486.